The van der Waals surface area contributed by atoms with Crippen LogP contribution in [0.1, 0.15) is 31.3 Å². The molecule has 2 heterocycles. The van der Waals surface area contributed by atoms with Gasteiger partial charge in [-0.1, -0.05) is 6.92 Å². The molecule has 0 saturated carbocycles. The van der Waals surface area contributed by atoms with Gasteiger partial charge < -0.3 is 9.67 Å². The average molecular weight is 265 g/mol. The molecule has 0 bridgehead atoms. The molecule has 0 aliphatic carbocycles. The summed E-state index contributed by atoms with van der Waals surface area (Å²) in [7, 11) is 1.74. The summed E-state index contributed by atoms with van der Waals surface area (Å²) in [6.45, 7) is 3.43. The fraction of sp³-hybridized carbons (Fsp3) is 0.455. The Kier molecular flexibility index (Phi) is 3.24. The molecular formula is C11H15N5O3. The maximum absolute atomic E-state index is 11.9. The first kappa shape index (κ1) is 13.1. The Hall–Kier alpha value is -2.38. The van der Waals surface area contributed by atoms with Crippen LogP contribution in [0.25, 0.3) is 0 Å². The third kappa shape index (κ3) is 2.05. The molecule has 8 nitrogen and oxygen atoms in total. The zero-order valence-corrected chi connectivity index (χ0v) is 10.9. The summed E-state index contributed by atoms with van der Waals surface area (Å²) in [6, 6.07) is -0.540. The van der Waals surface area contributed by atoms with Gasteiger partial charge in [-0.3, -0.25) is 14.3 Å². The average Bonchev–Trinajstić information content (AvgIpc) is 2.75. The molecule has 0 amide bonds. The minimum absolute atomic E-state index is 0.175. The summed E-state index contributed by atoms with van der Waals surface area (Å²) in [5, 5.41) is 17.7. The van der Waals surface area contributed by atoms with Crippen molar-refractivity contribution < 1.29 is 5.11 Å². The van der Waals surface area contributed by atoms with Gasteiger partial charge in [0, 0.05) is 7.05 Å². The first-order chi connectivity index (χ1) is 8.97. The van der Waals surface area contributed by atoms with E-state index < -0.39 is 17.3 Å². The van der Waals surface area contributed by atoms with E-state index in [1.807, 2.05) is 0 Å². The first-order valence-corrected chi connectivity index (χ1v) is 5.87. The zero-order valence-electron chi connectivity index (χ0n) is 10.9. The maximum atomic E-state index is 11.9. The molecule has 0 aromatic carbocycles. The second-order valence-corrected chi connectivity index (χ2v) is 4.26. The van der Waals surface area contributed by atoms with Crippen LogP contribution in [0.3, 0.4) is 0 Å². The predicted molar refractivity (Wildman–Crippen MR) is 67.2 cm³/mol. The molecule has 1 atom stereocenters. The minimum Gasteiger partial charge on any atom is -0.494 e. The molecular weight excluding hydrogens is 250 g/mol. The van der Waals surface area contributed by atoms with Gasteiger partial charge in [-0.2, -0.15) is 0 Å². The van der Waals surface area contributed by atoms with Crippen molar-refractivity contribution >= 4 is 0 Å². The van der Waals surface area contributed by atoms with Gasteiger partial charge in [-0.05, 0) is 13.3 Å². The SMILES string of the molecule is CCc1c(O)n(C(C)c2nncn2C)c(=O)[nH]c1=O. The second-order valence-electron chi connectivity index (χ2n) is 4.26. The van der Waals surface area contributed by atoms with Gasteiger partial charge in [0.15, 0.2) is 5.82 Å². The standard InChI is InChI=1S/C11H15N5O3/c1-4-7-9(17)13-11(19)16(10(7)18)6(2)8-14-12-5-15(8)3/h5-6,18H,4H2,1-3H3,(H,13,17,19). The lowest BCUT2D eigenvalue weighted by Crippen LogP contribution is -2.34. The number of hydrogen-bond acceptors (Lipinski definition) is 5. The molecule has 1 unspecified atom stereocenters. The molecule has 8 heteroatoms. The van der Waals surface area contributed by atoms with Gasteiger partial charge in [0.05, 0.1) is 11.6 Å². The fourth-order valence-corrected chi connectivity index (χ4v) is 2.04. The van der Waals surface area contributed by atoms with Crippen LogP contribution in [0.15, 0.2) is 15.9 Å². The largest absolute Gasteiger partial charge is 0.494 e. The molecule has 0 spiro atoms. The molecule has 102 valence electrons. The van der Waals surface area contributed by atoms with Gasteiger partial charge in [0.2, 0.25) is 5.88 Å². The Morgan fingerprint density at radius 3 is 2.68 bits per heavy atom. The highest BCUT2D eigenvalue weighted by Gasteiger charge is 2.21. The molecule has 2 aromatic heterocycles. The highest BCUT2D eigenvalue weighted by molar-refractivity contribution is 5.24. The molecule has 2 aromatic rings. The topological polar surface area (TPSA) is 106 Å². The summed E-state index contributed by atoms with van der Waals surface area (Å²) >= 11 is 0. The van der Waals surface area contributed by atoms with Gasteiger partial charge in [-0.15, -0.1) is 10.2 Å². The Morgan fingerprint density at radius 1 is 1.47 bits per heavy atom. The maximum Gasteiger partial charge on any atom is 0.331 e. The van der Waals surface area contributed by atoms with Crippen molar-refractivity contribution in [2.75, 3.05) is 0 Å². The van der Waals surface area contributed by atoms with Crippen LogP contribution in [0.2, 0.25) is 0 Å². The number of H-pyrrole nitrogens is 1. The Morgan fingerprint density at radius 2 is 2.16 bits per heavy atom. The Labute approximate surface area is 108 Å². The summed E-state index contributed by atoms with van der Waals surface area (Å²) in [5.41, 5.74) is -1.06. The summed E-state index contributed by atoms with van der Waals surface area (Å²) < 4.78 is 2.75. The lowest BCUT2D eigenvalue weighted by atomic mass is 10.2. The van der Waals surface area contributed by atoms with Crippen LogP contribution in [-0.2, 0) is 13.5 Å². The molecule has 19 heavy (non-hydrogen) atoms. The van der Waals surface area contributed by atoms with Gasteiger partial charge in [0.1, 0.15) is 6.33 Å². The highest BCUT2D eigenvalue weighted by Crippen LogP contribution is 2.20. The van der Waals surface area contributed by atoms with Crippen molar-refractivity contribution in [3.05, 3.63) is 38.6 Å². The van der Waals surface area contributed by atoms with E-state index in [9.17, 15) is 14.7 Å². The van der Waals surface area contributed by atoms with E-state index in [4.69, 9.17) is 0 Å². The van der Waals surface area contributed by atoms with Gasteiger partial charge >= 0.3 is 5.69 Å². The molecule has 2 rings (SSSR count). The smallest absolute Gasteiger partial charge is 0.331 e. The predicted octanol–water partition coefficient (Wildman–Crippen LogP) is -0.458. The second kappa shape index (κ2) is 4.71. The van der Waals surface area contributed by atoms with Crippen LogP contribution in [0.5, 0.6) is 5.88 Å². The van der Waals surface area contributed by atoms with Crippen LogP contribution < -0.4 is 11.2 Å². The number of nitrogens with zero attached hydrogens (tertiary/aromatic N) is 4. The van der Waals surface area contributed by atoms with Crippen molar-refractivity contribution in [1.29, 1.82) is 0 Å². The number of aromatic hydroxyl groups is 1. The molecule has 0 radical (unpaired) electrons. The van der Waals surface area contributed by atoms with Crippen molar-refractivity contribution in [3.8, 4) is 5.88 Å². The number of aromatic amines is 1. The van der Waals surface area contributed by atoms with Gasteiger partial charge in [-0.25, -0.2) is 4.79 Å². The number of hydrogen-bond donors (Lipinski definition) is 2. The van der Waals surface area contributed by atoms with Crippen molar-refractivity contribution in [2.24, 2.45) is 7.05 Å². The van der Waals surface area contributed by atoms with E-state index in [1.165, 1.54) is 6.33 Å². The van der Waals surface area contributed by atoms with Crippen LogP contribution in [0.4, 0.5) is 0 Å². The lowest BCUT2D eigenvalue weighted by Gasteiger charge is -2.16. The van der Waals surface area contributed by atoms with E-state index in [0.29, 0.717) is 12.2 Å². The third-order valence-electron chi connectivity index (χ3n) is 3.07. The van der Waals surface area contributed by atoms with E-state index in [0.717, 1.165) is 4.57 Å². The summed E-state index contributed by atoms with van der Waals surface area (Å²) in [6.07, 6.45) is 1.83. The summed E-state index contributed by atoms with van der Waals surface area (Å²) in [5.74, 6) is 0.179. The van der Waals surface area contributed by atoms with E-state index in [2.05, 4.69) is 15.2 Å². The molecule has 0 aliphatic rings. The van der Waals surface area contributed by atoms with Crippen LogP contribution in [0, 0.1) is 0 Å². The summed E-state index contributed by atoms with van der Waals surface area (Å²) in [4.78, 5) is 25.6. The number of aromatic nitrogens is 5. The highest BCUT2D eigenvalue weighted by atomic mass is 16.3. The number of rotatable bonds is 3. The van der Waals surface area contributed by atoms with Crippen LogP contribution >= 0.6 is 0 Å². The quantitative estimate of drug-likeness (QED) is 0.781. The molecule has 0 fully saturated rings. The van der Waals surface area contributed by atoms with E-state index >= 15 is 0 Å². The fourth-order valence-electron chi connectivity index (χ4n) is 2.04. The van der Waals surface area contributed by atoms with Gasteiger partial charge in [0.25, 0.3) is 5.56 Å². The van der Waals surface area contributed by atoms with E-state index in [1.54, 1.807) is 25.5 Å². The zero-order chi connectivity index (χ0) is 14.2. The third-order valence-corrected chi connectivity index (χ3v) is 3.07. The lowest BCUT2D eigenvalue weighted by molar-refractivity contribution is 0.375. The number of aryl methyl sites for hydroxylation is 1. The monoisotopic (exact) mass is 265 g/mol. The molecule has 2 N–H and O–H groups in total. The number of nitrogens with one attached hydrogen (secondary N) is 1. The van der Waals surface area contributed by atoms with Crippen molar-refractivity contribution in [2.45, 2.75) is 26.3 Å². The Balaban J connectivity index is 2.67. The first-order valence-electron chi connectivity index (χ1n) is 5.87. The van der Waals surface area contributed by atoms with E-state index in [-0.39, 0.29) is 11.4 Å². The minimum atomic E-state index is -0.671. The molecule has 0 saturated heterocycles. The van der Waals surface area contributed by atoms with Crippen molar-refractivity contribution in [1.82, 2.24) is 24.3 Å². The molecule has 0 aliphatic heterocycles. The Bertz CT molecular complexity index is 712. The van der Waals surface area contributed by atoms with Crippen molar-refractivity contribution in [3.63, 3.8) is 0 Å². The van der Waals surface area contributed by atoms with Crippen LogP contribution in [-0.4, -0.2) is 29.4 Å². The normalized spacial score (nSPS) is 12.6.